The van der Waals surface area contributed by atoms with Crippen molar-refractivity contribution >= 4 is 5.78 Å². The number of ketones is 1. The zero-order chi connectivity index (χ0) is 14.0. The predicted octanol–water partition coefficient (Wildman–Crippen LogP) is 2.99. The molecule has 2 atom stereocenters. The van der Waals surface area contributed by atoms with Crippen molar-refractivity contribution in [2.24, 2.45) is 0 Å². The maximum atomic E-state index is 13.2. The van der Waals surface area contributed by atoms with Gasteiger partial charge in [-0.1, -0.05) is 19.4 Å². The summed E-state index contributed by atoms with van der Waals surface area (Å²) in [5, 5.41) is 3.52. The summed E-state index contributed by atoms with van der Waals surface area (Å²) < 4.78 is 0. The van der Waals surface area contributed by atoms with Crippen LogP contribution in [0.3, 0.4) is 0 Å². The van der Waals surface area contributed by atoms with Crippen LogP contribution < -0.4 is 5.32 Å². The van der Waals surface area contributed by atoms with E-state index in [0.717, 1.165) is 57.2 Å². The summed E-state index contributed by atoms with van der Waals surface area (Å²) in [6.45, 7) is 3.15. The Morgan fingerprint density at radius 1 is 1.50 bits per heavy atom. The van der Waals surface area contributed by atoms with Crippen molar-refractivity contribution in [2.45, 2.75) is 63.3 Å². The summed E-state index contributed by atoms with van der Waals surface area (Å²) in [4.78, 5) is 17.7. The topological polar surface area (TPSA) is 42.0 Å². The van der Waals surface area contributed by atoms with Crippen LogP contribution in [0.4, 0.5) is 0 Å². The van der Waals surface area contributed by atoms with Crippen LogP contribution in [0, 0.1) is 0 Å². The summed E-state index contributed by atoms with van der Waals surface area (Å²) in [5.41, 5.74) is 2.06. The van der Waals surface area contributed by atoms with Crippen LogP contribution in [-0.2, 0) is 11.2 Å². The molecule has 1 aliphatic carbocycles. The Kier molecular flexibility index (Phi) is 3.88. The van der Waals surface area contributed by atoms with Crippen LogP contribution in [0.15, 0.2) is 18.3 Å². The fourth-order valence-electron chi connectivity index (χ4n) is 3.98. The number of hydrogen-bond donors (Lipinski definition) is 1. The number of Topliss-reactive ketones (excluding diaryl/α,β-unsaturated/α-hetero) is 1. The standard InChI is InChI=1S/C17H24N2O/c1-2-9-17(10-5-12-19-17)16(20)14-8-3-6-13-7-4-11-18-15(13)14/h4,7,11,14,19H,2-3,5-6,8-10,12H2,1H3. The van der Waals surface area contributed by atoms with Gasteiger partial charge < -0.3 is 5.32 Å². The largest absolute Gasteiger partial charge is 0.305 e. The van der Waals surface area contributed by atoms with Crippen molar-refractivity contribution in [3.05, 3.63) is 29.6 Å². The van der Waals surface area contributed by atoms with Crippen molar-refractivity contribution in [3.8, 4) is 0 Å². The van der Waals surface area contributed by atoms with Crippen LogP contribution >= 0.6 is 0 Å². The Labute approximate surface area is 121 Å². The van der Waals surface area contributed by atoms with Gasteiger partial charge in [0.15, 0.2) is 5.78 Å². The summed E-state index contributed by atoms with van der Waals surface area (Å²) in [7, 11) is 0. The highest BCUT2D eigenvalue weighted by molar-refractivity contribution is 5.94. The molecule has 3 rings (SSSR count). The van der Waals surface area contributed by atoms with Crippen LogP contribution in [-0.4, -0.2) is 22.9 Å². The minimum absolute atomic E-state index is 0.0112. The first-order valence-electron chi connectivity index (χ1n) is 8.00. The van der Waals surface area contributed by atoms with Crippen LogP contribution in [0.2, 0.25) is 0 Å². The Hall–Kier alpha value is -1.22. The molecular weight excluding hydrogens is 248 g/mol. The second kappa shape index (κ2) is 5.65. The second-order valence-electron chi connectivity index (χ2n) is 6.22. The first-order valence-corrected chi connectivity index (χ1v) is 8.00. The summed E-state index contributed by atoms with van der Waals surface area (Å²) in [5.74, 6) is 0.411. The molecule has 1 aromatic heterocycles. The monoisotopic (exact) mass is 272 g/mol. The van der Waals surface area contributed by atoms with Gasteiger partial charge in [-0.25, -0.2) is 0 Å². The fraction of sp³-hybridized carbons (Fsp3) is 0.647. The number of carbonyl (C=O) groups excluding carboxylic acids is 1. The Morgan fingerprint density at radius 2 is 2.40 bits per heavy atom. The van der Waals surface area contributed by atoms with E-state index in [4.69, 9.17) is 0 Å². The number of carbonyl (C=O) groups is 1. The van der Waals surface area contributed by atoms with E-state index in [1.807, 2.05) is 12.3 Å². The highest BCUT2D eigenvalue weighted by Crippen LogP contribution is 2.37. The lowest BCUT2D eigenvalue weighted by Crippen LogP contribution is -2.50. The van der Waals surface area contributed by atoms with Crippen molar-refractivity contribution in [2.75, 3.05) is 6.54 Å². The third-order valence-electron chi connectivity index (χ3n) is 4.90. The number of aryl methyl sites for hydroxylation is 1. The summed E-state index contributed by atoms with van der Waals surface area (Å²) >= 11 is 0. The molecule has 2 unspecified atom stereocenters. The van der Waals surface area contributed by atoms with Crippen LogP contribution in [0.1, 0.15) is 62.6 Å². The first-order chi connectivity index (χ1) is 9.77. The van der Waals surface area contributed by atoms with Gasteiger partial charge in [0.25, 0.3) is 0 Å². The van der Waals surface area contributed by atoms with Gasteiger partial charge in [-0.15, -0.1) is 0 Å². The van der Waals surface area contributed by atoms with E-state index in [-0.39, 0.29) is 11.5 Å². The molecule has 3 heteroatoms. The molecule has 0 bridgehead atoms. The SMILES string of the molecule is CCCC1(C(=O)C2CCCc3cccnc32)CCCN1. The highest BCUT2D eigenvalue weighted by atomic mass is 16.1. The minimum Gasteiger partial charge on any atom is -0.305 e. The molecular formula is C17H24N2O. The molecule has 108 valence electrons. The highest BCUT2D eigenvalue weighted by Gasteiger charge is 2.44. The van der Waals surface area contributed by atoms with Gasteiger partial charge in [-0.3, -0.25) is 9.78 Å². The third kappa shape index (κ3) is 2.28. The number of aromatic nitrogens is 1. The Bertz CT molecular complexity index is 492. The van der Waals surface area contributed by atoms with Crippen molar-refractivity contribution in [1.82, 2.24) is 10.3 Å². The van der Waals surface area contributed by atoms with Crippen LogP contribution in [0.5, 0.6) is 0 Å². The quantitative estimate of drug-likeness (QED) is 0.916. The van der Waals surface area contributed by atoms with E-state index in [0.29, 0.717) is 5.78 Å². The van der Waals surface area contributed by atoms with E-state index in [9.17, 15) is 4.79 Å². The van der Waals surface area contributed by atoms with E-state index in [1.54, 1.807) is 0 Å². The maximum Gasteiger partial charge on any atom is 0.161 e. The zero-order valence-corrected chi connectivity index (χ0v) is 12.3. The Morgan fingerprint density at radius 3 is 3.15 bits per heavy atom. The second-order valence-corrected chi connectivity index (χ2v) is 6.22. The molecule has 1 aromatic rings. The number of rotatable bonds is 4. The molecule has 0 radical (unpaired) electrons. The van der Waals surface area contributed by atoms with E-state index < -0.39 is 0 Å². The van der Waals surface area contributed by atoms with E-state index in [1.165, 1.54) is 5.56 Å². The van der Waals surface area contributed by atoms with Crippen molar-refractivity contribution in [1.29, 1.82) is 0 Å². The predicted molar refractivity (Wildman–Crippen MR) is 79.8 cm³/mol. The average molecular weight is 272 g/mol. The molecule has 1 aliphatic heterocycles. The number of fused-ring (bicyclic) bond motifs is 1. The maximum absolute atomic E-state index is 13.2. The number of hydrogen-bond acceptors (Lipinski definition) is 3. The van der Waals surface area contributed by atoms with Gasteiger partial charge in [-0.05, 0) is 56.7 Å². The molecule has 0 spiro atoms. The molecule has 1 N–H and O–H groups in total. The lowest BCUT2D eigenvalue weighted by molar-refractivity contribution is -0.127. The zero-order valence-electron chi connectivity index (χ0n) is 12.3. The molecule has 2 heterocycles. The third-order valence-corrected chi connectivity index (χ3v) is 4.90. The lowest BCUT2D eigenvalue weighted by Gasteiger charge is -2.34. The van der Waals surface area contributed by atoms with E-state index >= 15 is 0 Å². The molecule has 0 saturated carbocycles. The molecule has 20 heavy (non-hydrogen) atoms. The van der Waals surface area contributed by atoms with Gasteiger partial charge in [0.2, 0.25) is 0 Å². The van der Waals surface area contributed by atoms with Crippen LogP contribution in [0.25, 0.3) is 0 Å². The minimum atomic E-state index is -0.272. The average Bonchev–Trinajstić information content (AvgIpc) is 2.96. The molecule has 3 nitrogen and oxygen atoms in total. The lowest BCUT2D eigenvalue weighted by atomic mass is 9.75. The van der Waals surface area contributed by atoms with E-state index in [2.05, 4.69) is 23.3 Å². The fourth-order valence-corrected chi connectivity index (χ4v) is 3.98. The van der Waals surface area contributed by atoms with Crippen molar-refractivity contribution in [3.63, 3.8) is 0 Å². The van der Waals surface area contributed by atoms with Crippen molar-refractivity contribution < 1.29 is 4.79 Å². The summed E-state index contributed by atoms with van der Waals surface area (Å²) in [6, 6.07) is 4.12. The molecule has 0 amide bonds. The summed E-state index contributed by atoms with van der Waals surface area (Å²) in [6.07, 6.45) is 9.12. The number of nitrogens with zero attached hydrogens (tertiary/aromatic N) is 1. The normalized spacial score (nSPS) is 29.1. The van der Waals surface area contributed by atoms with Gasteiger partial charge in [-0.2, -0.15) is 0 Å². The molecule has 1 saturated heterocycles. The van der Waals surface area contributed by atoms with Gasteiger partial charge in [0.1, 0.15) is 0 Å². The van der Waals surface area contributed by atoms with Gasteiger partial charge in [0, 0.05) is 6.20 Å². The Balaban J connectivity index is 1.91. The smallest absolute Gasteiger partial charge is 0.161 e. The molecule has 0 aromatic carbocycles. The number of nitrogens with one attached hydrogen (secondary N) is 1. The first kappa shape index (κ1) is 13.7. The molecule has 1 fully saturated rings. The number of pyridine rings is 1. The molecule has 2 aliphatic rings. The van der Waals surface area contributed by atoms with Gasteiger partial charge in [0.05, 0.1) is 17.2 Å². The van der Waals surface area contributed by atoms with Gasteiger partial charge >= 0.3 is 0 Å².